The van der Waals surface area contributed by atoms with Crippen LogP contribution in [-0.4, -0.2) is 22.2 Å². The Morgan fingerprint density at radius 2 is 2.20 bits per heavy atom. The molecule has 0 saturated carbocycles. The van der Waals surface area contributed by atoms with Crippen LogP contribution in [0.15, 0.2) is 18.3 Å². The van der Waals surface area contributed by atoms with E-state index in [1.807, 2.05) is 19.2 Å². The largest absolute Gasteiger partial charge is 0.393 e. The van der Waals surface area contributed by atoms with Crippen LogP contribution in [0.2, 0.25) is 0 Å². The van der Waals surface area contributed by atoms with Crippen LogP contribution in [0.5, 0.6) is 0 Å². The van der Waals surface area contributed by atoms with Crippen LogP contribution in [0, 0.1) is 6.92 Å². The highest BCUT2D eigenvalue weighted by atomic mass is 16.3. The third-order valence-corrected chi connectivity index (χ3v) is 2.43. The molecule has 0 spiro atoms. The molecule has 15 heavy (non-hydrogen) atoms. The number of rotatable bonds is 5. The van der Waals surface area contributed by atoms with Gasteiger partial charge in [0.05, 0.1) is 11.8 Å². The first kappa shape index (κ1) is 12.1. The summed E-state index contributed by atoms with van der Waals surface area (Å²) in [6.45, 7) is 6.71. The van der Waals surface area contributed by atoms with Gasteiger partial charge in [-0.15, -0.1) is 0 Å². The van der Waals surface area contributed by atoms with Crippen LogP contribution in [0.25, 0.3) is 0 Å². The molecule has 0 aliphatic carbocycles. The topological polar surface area (TPSA) is 45.2 Å². The second-order valence-electron chi connectivity index (χ2n) is 4.13. The van der Waals surface area contributed by atoms with Crippen LogP contribution in [0.1, 0.15) is 31.5 Å². The fourth-order valence-electron chi connectivity index (χ4n) is 1.57. The number of aliphatic hydroxyl groups is 1. The summed E-state index contributed by atoms with van der Waals surface area (Å²) in [5.74, 6) is 0. The molecule has 3 heteroatoms. The van der Waals surface area contributed by atoms with Crippen molar-refractivity contribution in [3.63, 3.8) is 0 Å². The van der Waals surface area contributed by atoms with Crippen molar-refractivity contribution in [1.82, 2.24) is 10.3 Å². The van der Waals surface area contributed by atoms with Gasteiger partial charge in [-0.3, -0.25) is 4.98 Å². The van der Waals surface area contributed by atoms with Crippen LogP contribution >= 0.6 is 0 Å². The molecule has 0 aromatic carbocycles. The number of aromatic nitrogens is 1. The van der Waals surface area contributed by atoms with E-state index in [0.717, 1.165) is 18.7 Å². The lowest BCUT2D eigenvalue weighted by molar-refractivity contribution is 0.170. The van der Waals surface area contributed by atoms with Gasteiger partial charge in [0.15, 0.2) is 0 Å². The Kier molecular flexibility index (Phi) is 4.72. The minimum Gasteiger partial charge on any atom is -0.393 e. The maximum absolute atomic E-state index is 9.22. The predicted octanol–water partition coefficient (Wildman–Crippen LogP) is 1.64. The minimum atomic E-state index is -0.252. The van der Waals surface area contributed by atoms with Gasteiger partial charge in [-0.1, -0.05) is 6.07 Å². The number of hydrogen-bond acceptors (Lipinski definition) is 3. The average molecular weight is 208 g/mol. The second-order valence-corrected chi connectivity index (χ2v) is 4.13. The molecule has 1 aromatic heterocycles. The molecule has 0 saturated heterocycles. The molecule has 1 aromatic rings. The zero-order valence-corrected chi connectivity index (χ0v) is 9.70. The first-order valence-electron chi connectivity index (χ1n) is 5.41. The SMILES string of the molecule is Cc1cccnc1CNC(C)CC(C)O. The number of hydrogen-bond donors (Lipinski definition) is 2. The van der Waals surface area contributed by atoms with Crippen molar-refractivity contribution in [2.45, 2.75) is 45.9 Å². The molecule has 0 radical (unpaired) electrons. The van der Waals surface area contributed by atoms with Crippen molar-refractivity contribution in [2.75, 3.05) is 0 Å². The normalized spacial score (nSPS) is 14.9. The number of nitrogens with one attached hydrogen (secondary N) is 1. The van der Waals surface area contributed by atoms with E-state index in [2.05, 4.69) is 30.2 Å². The van der Waals surface area contributed by atoms with Gasteiger partial charge in [0.25, 0.3) is 0 Å². The Labute approximate surface area is 91.5 Å². The molecule has 2 unspecified atom stereocenters. The van der Waals surface area contributed by atoms with E-state index in [9.17, 15) is 5.11 Å². The summed E-state index contributed by atoms with van der Waals surface area (Å²) in [5.41, 5.74) is 2.28. The Bertz CT molecular complexity index is 299. The van der Waals surface area contributed by atoms with Crippen LogP contribution in [-0.2, 0) is 6.54 Å². The fraction of sp³-hybridized carbons (Fsp3) is 0.583. The highest BCUT2D eigenvalue weighted by Gasteiger charge is 2.06. The van der Waals surface area contributed by atoms with Crippen molar-refractivity contribution >= 4 is 0 Å². The van der Waals surface area contributed by atoms with Gasteiger partial charge in [-0.25, -0.2) is 0 Å². The van der Waals surface area contributed by atoms with Gasteiger partial charge in [-0.05, 0) is 38.8 Å². The van der Waals surface area contributed by atoms with Crippen LogP contribution < -0.4 is 5.32 Å². The van der Waals surface area contributed by atoms with Crippen molar-refractivity contribution in [3.05, 3.63) is 29.6 Å². The van der Waals surface area contributed by atoms with Crippen LogP contribution in [0.3, 0.4) is 0 Å². The quantitative estimate of drug-likeness (QED) is 0.773. The van der Waals surface area contributed by atoms with E-state index in [1.54, 1.807) is 0 Å². The molecule has 0 aliphatic rings. The maximum Gasteiger partial charge on any atom is 0.0570 e. The van der Waals surface area contributed by atoms with Crippen molar-refractivity contribution in [1.29, 1.82) is 0 Å². The van der Waals surface area contributed by atoms with Gasteiger partial charge in [-0.2, -0.15) is 0 Å². The third kappa shape index (κ3) is 4.40. The molecular weight excluding hydrogens is 188 g/mol. The number of aliphatic hydroxyl groups excluding tert-OH is 1. The molecule has 0 bridgehead atoms. The molecule has 1 rings (SSSR count). The van der Waals surface area contributed by atoms with E-state index in [1.165, 1.54) is 5.56 Å². The summed E-state index contributed by atoms with van der Waals surface area (Å²) in [6, 6.07) is 4.31. The summed E-state index contributed by atoms with van der Waals surface area (Å²) >= 11 is 0. The lowest BCUT2D eigenvalue weighted by Crippen LogP contribution is -2.29. The molecule has 1 heterocycles. The second kappa shape index (κ2) is 5.83. The van der Waals surface area contributed by atoms with Crippen molar-refractivity contribution < 1.29 is 5.11 Å². The van der Waals surface area contributed by atoms with Crippen molar-refractivity contribution in [3.8, 4) is 0 Å². The van der Waals surface area contributed by atoms with Gasteiger partial charge in [0, 0.05) is 18.8 Å². The zero-order valence-electron chi connectivity index (χ0n) is 9.70. The lowest BCUT2D eigenvalue weighted by atomic mass is 10.1. The Balaban J connectivity index is 2.40. The number of aryl methyl sites for hydroxylation is 1. The molecular formula is C12H20N2O. The Morgan fingerprint density at radius 1 is 1.47 bits per heavy atom. The summed E-state index contributed by atoms with van der Waals surface area (Å²) < 4.78 is 0. The van der Waals surface area contributed by atoms with Gasteiger partial charge in [0.2, 0.25) is 0 Å². The summed E-state index contributed by atoms with van der Waals surface area (Å²) in [6.07, 6.45) is 2.33. The highest BCUT2D eigenvalue weighted by molar-refractivity contribution is 5.17. The van der Waals surface area contributed by atoms with E-state index in [-0.39, 0.29) is 6.10 Å². The molecule has 2 atom stereocenters. The monoisotopic (exact) mass is 208 g/mol. The number of nitrogens with zero attached hydrogens (tertiary/aromatic N) is 1. The van der Waals surface area contributed by atoms with Gasteiger partial charge < -0.3 is 10.4 Å². The molecule has 0 aliphatic heterocycles. The molecule has 0 amide bonds. The molecule has 3 nitrogen and oxygen atoms in total. The highest BCUT2D eigenvalue weighted by Crippen LogP contribution is 2.04. The third-order valence-electron chi connectivity index (χ3n) is 2.43. The smallest absolute Gasteiger partial charge is 0.0570 e. The lowest BCUT2D eigenvalue weighted by Gasteiger charge is -2.15. The predicted molar refractivity (Wildman–Crippen MR) is 61.6 cm³/mol. The summed E-state index contributed by atoms with van der Waals surface area (Å²) in [4.78, 5) is 4.30. The van der Waals surface area contributed by atoms with E-state index in [4.69, 9.17) is 0 Å². The van der Waals surface area contributed by atoms with Gasteiger partial charge in [0.1, 0.15) is 0 Å². The van der Waals surface area contributed by atoms with Crippen molar-refractivity contribution in [2.24, 2.45) is 0 Å². The maximum atomic E-state index is 9.22. The summed E-state index contributed by atoms with van der Waals surface area (Å²) in [7, 11) is 0. The first-order valence-corrected chi connectivity index (χ1v) is 5.41. The number of pyridine rings is 1. The molecule has 84 valence electrons. The Hall–Kier alpha value is -0.930. The van der Waals surface area contributed by atoms with E-state index < -0.39 is 0 Å². The van der Waals surface area contributed by atoms with E-state index in [0.29, 0.717) is 6.04 Å². The van der Waals surface area contributed by atoms with E-state index >= 15 is 0 Å². The average Bonchev–Trinajstić information content (AvgIpc) is 2.15. The first-order chi connectivity index (χ1) is 7.09. The molecule has 0 fully saturated rings. The minimum absolute atomic E-state index is 0.252. The zero-order chi connectivity index (χ0) is 11.3. The van der Waals surface area contributed by atoms with Crippen LogP contribution in [0.4, 0.5) is 0 Å². The summed E-state index contributed by atoms with van der Waals surface area (Å²) in [5, 5.41) is 12.6. The van der Waals surface area contributed by atoms with Gasteiger partial charge >= 0.3 is 0 Å². The Morgan fingerprint density at radius 3 is 2.80 bits per heavy atom. The molecule has 2 N–H and O–H groups in total. The fourth-order valence-corrected chi connectivity index (χ4v) is 1.57. The standard InChI is InChI=1S/C12H20N2O/c1-9-5-4-6-13-12(9)8-14-10(2)7-11(3)15/h4-6,10-11,14-15H,7-8H2,1-3H3.